The van der Waals surface area contributed by atoms with E-state index in [1.807, 2.05) is 7.11 Å². The maximum absolute atomic E-state index is 5.49. The summed E-state index contributed by atoms with van der Waals surface area (Å²) < 4.78 is 5.49. The third kappa shape index (κ3) is 6.81. The van der Waals surface area contributed by atoms with Gasteiger partial charge in [-0.15, -0.1) is 0 Å². The smallest absolute Gasteiger partial charge is 0.0572 e. The van der Waals surface area contributed by atoms with Gasteiger partial charge in [0.05, 0.1) is 6.10 Å². The van der Waals surface area contributed by atoms with Crippen LogP contribution in [0.1, 0.15) is 110 Å². The summed E-state index contributed by atoms with van der Waals surface area (Å²) in [7, 11) is 1.86. The zero-order valence-corrected chi connectivity index (χ0v) is 18.2. The molecule has 0 aliphatic heterocycles. The van der Waals surface area contributed by atoms with Crippen LogP contribution in [0.4, 0.5) is 0 Å². The van der Waals surface area contributed by atoms with Gasteiger partial charge in [-0.3, -0.25) is 0 Å². The van der Waals surface area contributed by atoms with Crippen LogP contribution in [0.15, 0.2) is 0 Å². The highest BCUT2D eigenvalue weighted by molar-refractivity contribution is 5.09. The zero-order valence-electron chi connectivity index (χ0n) is 18.2. The Bertz CT molecular complexity index is 448. The van der Waals surface area contributed by atoms with Gasteiger partial charge in [-0.25, -0.2) is 0 Å². The van der Waals surface area contributed by atoms with Gasteiger partial charge < -0.3 is 4.74 Å². The molecule has 0 aromatic carbocycles. The highest BCUT2D eigenvalue weighted by Crippen LogP contribution is 2.42. The van der Waals surface area contributed by atoms with E-state index >= 15 is 0 Å². The molecule has 3 fully saturated rings. The van der Waals surface area contributed by atoms with Crippen LogP contribution in [0.5, 0.6) is 0 Å². The second-order valence-electron chi connectivity index (χ2n) is 9.89. The van der Waals surface area contributed by atoms with Crippen LogP contribution in [-0.2, 0) is 4.74 Å². The molecule has 0 spiro atoms. The van der Waals surface area contributed by atoms with E-state index in [1.165, 1.54) is 103 Å². The van der Waals surface area contributed by atoms with Gasteiger partial charge in [0.25, 0.3) is 0 Å². The van der Waals surface area contributed by atoms with Crippen LogP contribution in [0.25, 0.3) is 0 Å². The monoisotopic (exact) mass is 372 g/mol. The summed E-state index contributed by atoms with van der Waals surface area (Å²) in [6, 6.07) is 0. The summed E-state index contributed by atoms with van der Waals surface area (Å²) in [4.78, 5) is 0. The second kappa shape index (κ2) is 11.5. The van der Waals surface area contributed by atoms with Crippen molar-refractivity contribution in [2.75, 3.05) is 7.11 Å². The highest BCUT2D eigenvalue weighted by atomic mass is 16.5. The van der Waals surface area contributed by atoms with Crippen LogP contribution >= 0.6 is 0 Å². The fourth-order valence-electron chi connectivity index (χ4n) is 6.04. The molecule has 0 N–H and O–H groups in total. The Kier molecular flexibility index (Phi) is 9.05. The lowest BCUT2D eigenvalue weighted by atomic mass is 9.68. The standard InChI is InChI=1S/C26H44O/c1-3-4-5-6-21-9-15-24(16-10-21)25-17-11-22(12-18-25)7-8-23-13-19-26(27-2)20-14-23/h21-26H,3-6,9-20H2,1-2H3. The third-order valence-corrected chi connectivity index (χ3v) is 8.04. The van der Waals surface area contributed by atoms with Crippen molar-refractivity contribution in [2.45, 2.75) is 116 Å². The van der Waals surface area contributed by atoms with Crippen molar-refractivity contribution in [3.8, 4) is 11.8 Å². The van der Waals surface area contributed by atoms with E-state index in [0.29, 0.717) is 17.9 Å². The normalized spacial score (nSPS) is 37.4. The molecule has 3 aliphatic rings. The lowest BCUT2D eigenvalue weighted by Gasteiger charge is -2.37. The van der Waals surface area contributed by atoms with E-state index in [9.17, 15) is 0 Å². The molecular weight excluding hydrogens is 328 g/mol. The van der Waals surface area contributed by atoms with Crippen LogP contribution in [-0.4, -0.2) is 13.2 Å². The zero-order chi connectivity index (χ0) is 18.9. The molecule has 0 atom stereocenters. The van der Waals surface area contributed by atoms with E-state index in [1.54, 1.807) is 0 Å². The molecule has 27 heavy (non-hydrogen) atoms. The molecule has 0 unspecified atom stereocenters. The molecule has 3 saturated carbocycles. The highest BCUT2D eigenvalue weighted by Gasteiger charge is 2.30. The molecule has 3 rings (SSSR count). The Hall–Kier alpha value is -0.480. The summed E-state index contributed by atoms with van der Waals surface area (Å²) in [6.45, 7) is 2.32. The van der Waals surface area contributed by atoms with Crippen LogP contribution in [0.2, 0.25) is 0 Å². The van der Waals surface area contributed by atoms with Gasteiger partial charge >= 0.3 is 0 Å². The van der Waals surface area contributed by atoms with E-state index in [2.05, 4.69) is 18.8 Å². The molecular formula is C26H44O. The molecule has 154 valence electrons. The quantitative estimate of drug-likeness (QED) is 0.349. The topological polar surface area (TPSA) is 9.23 Å². The second-order valence-corrected chi connectivity index (χ2v) is 9.89. The maximum atomic E-state index is 5.49. The minimum atomic E-state index is 0.500. The van der Waals surface area contributed by atoms with Gasteiger partial charge in [0.15, 0.2) is 0 Å². The summed E-state index contributed by atoms with van der Waals surface area (Å²) in [5, 5.41) is 0. The van der Waals surface area contributed by atoms with Crippen molar-refractivity contribution in [3.05, 3.63) is 0 Å². The number of hydrogen-bond donors (Lipinski definition) is 0. The Morgan fingerprint density at radius 1 is 0.667 bits per heavy atom. The fraction of sp³-hybridized carbons (Fsp3) is 0.923. The number of methoxy groups -OCH3 is 1. The maximum Gasteiger partial charge on any atom is 0.0572 e. The molecule has 1 nitrogen and oxygen atoms in total. The lowest BCUT2D eigenvalue weighted by molar-refractivity contribution is 0.0636. The Morgan fingerprint density at radius 3 is 1.70 bits per heavy atom. The lowest BCUT2D eigenvalue weighted by Crippen LogP contribution is -2.25. The van der Waals surface area contributed by atoms with E-state index in [-0.39, 0.29) is 0 Å². The van der Waals surface area contributed by atoms with Crippen molar-refractivity contribution in [2.24, 2.45) is 29.6 Å². The molecule has 0 amide bonds. The Labute approximate surface area is 169 Å². The molecule has 0 radical (unpaired) electrons. The first-order valence-corrected chi connectivity index (χ1v) is 12.3. The number of unbranched alkanes of at least 4 members (excludes halogenated alkanes) is 2. The first-order chi connectivity index (χ1) is 13.3. The first kappa shape index (κ1) is 21.2. The van der Waals surface area contributed by atoms with Crippen molar-refractivity contribution in [1.29, 1.82) is 0 Å². The van der Waals surface area contributed by atoms with Gasteiger partial charge in [-0.1, -0.05) is 57.3 Å². The van der Waals surface area contributed by atoms with Gasteiger partial charge in [0.1, 0.15) is 0 Å². The van der Waals surface area contributed by atoms with Crippen molar-refractivity contribution < 1.29 is 4.74 Å². The summed E-state index contributed by atoms with van der Waals surface area (Å²) in [5.41, 5.74) is 0. The summed E-state index contributed by atoms with van der Waals surface area (Å²) in [5.74, 6) is 11.8. The first-order valence-electron chi connectivity index (χ1n) is 12.3. The van der Waals surface area contributed by atoms with E-state index < -0.39 is 0 Å². The average molecular weight is 373 g/mol. The molecule has 1 heteroatoms. The average Bonchev–Trinajstić information content (AvgIpc) is 2.74. The van der Waals surface area contributed by atoms with Gasteiger partial charge in [0.2, 0.25) is 0 Å². The SMILES string of the molecule is CCCCCC1CCC(C2CCC(C#CC3CCC(OC)CC3)CC2)CC1. The Morgan fingerprint density at radius 2 is 1.19 bits per heavy atom. The number of hydrogen-bond acceptors (Lipinski definition) is 1. The van der Waals surface area contributed by atoms with Crippen LogP contribution in [0, 0.1) is 41.4 Å². The Balaban J connectivity index is 1.32. The predicted octanol–water partition coefficient (Wildman–Crippen LogP) is 7.39. The molecule has 0 bridgehead atoms. The minimum absolute atomic E-state index is 0.500. The van der Waals surface area contributed by atoms with Crippen molar-refractivity contribution in [1.82, 2.24) is 0 Å². The fourth-order valence-corrected chi connectivity index (χ4v) is 6.04. The predicted molar refractivity (Wildman–Crippen MR) is 116 cm³/mol. The van der Waals surface area contributed by atoms with Gasteiger partial charge in [-0.2, -0.15) is 0 Å². The molecule has 0 heterocycles. The summed E-state index contributed by atoms with van der Waals surface area (Å²) in [6.07, 6.45) is 23.0. The molecule has 0 aromatic heterocycles. The van der Waals surface area contributed by atoms with Crippen LogP contribution < -0.4 is 0 Å². The van der Waals surface area contributed by atoms with Crippen LogP contribution in [0.3, 0.4) is 0 Å². The largest absolute Gasteiger partial charge is 0.381 e. The van der Waals surface area contributed by atoms with E-state index in [4.69, 9.17) is 4.74 Å². The summed E-state index contributed by atoms with van der Waals surface area (Å²) >= 11 is 0. The number of rotatable bonds is 6. The third-order valence-electron chi connectivity index (χ3n) is 8.04. The van der Waals surface area contributed by atoms with Gasteiger partial charge in [0, 0.05) is 18.9 Å². The van der Waals surface area contributed by atoms with Gasteiger partial charge in [-0.05, 0) is 82.0 Å². The van der Waals surface area contributed by atoms with Crippen molar-refractivity contribution in [3.63, 3.8) is 0 Å². The molecule has 0 saturated heterocycles. The van der Waals surface area contributed by atoms with Crippen molar-refractivity contribution >= 4 is 0 Å². The molecule has 0 aromatic rings. The number of ether oxygens (including phenoxy) is 1. The van der Waals surface area contributed by atoms with E-state index in [0.717, 1.165) is 17.8 Å². The molecule has 3 aliphatic carbocycles. The minimum Gasteiger partial charge on any atom is -0.381 e.